The van der Waals surface area contributed by atoms with Gasteiger partial charge >= 0.3 is 156 Å². The van der Waals surface area contributed by atoms with Crippen molar-refractivity contribution in [3.8, 4) is 0 Å². The molecule has 0 heterocycles. The maximum absolute atomic E-state index is 12.0. The summed E-state index contributed by atoms with van der Waals surface area (Å²) in [6.45, 7) is 0. The molecule has 0 radical (unpaired) electrons. The van der Waals surface area contributed by atoms with Gasteiger partial charge < -0.3 is 4.70 Å². The molecule has 452 valence electrons. The third-order valence-corrected chi connectivity index (χ3v) is 26.1. The van der Waals surface area contributed by atoms with Gasteiger partial charge in [0.15, 0.2) is 73.3 Å². The summed E-state index contributed by atoms with van der Waals surface area (Å²) in [6.07, 6.45) is 0. The molecule has 0 spiro atoms. The summed E-state index contributed by atoms with van der Waals surface area (Å²) in [5, 5.41) is 0. The molecule has 0 aliphatic heterocycles. The number of hydrogen-bond donors (Lipinski definition) is 0. The van der Waals surface area contributed by atoms with Gasteiger partial charge in [-0.1, -0.05) is 80.2 Å². The Morgan fingerprint density at radius 1 is 0.291 bits per heavy atom. The average Bonchev–Trinajstić information content (AvgIpc) is 3.19. The third kappa shape index (κ3) is 25.7. The first-order valence-corrected chi connectivity index (χ1v) is 32.0. The van der Waals surface area contributed by atoms with Crippen LogP contribution in [0.5, 0.6) is 0 Å². The normalized spacial score (nSPS) is 13.7. The van der Waals surface area contributed by atoms with Gasteiger partial charge in [0, 0.05) is 0 Å². The van der Waals surface area contributed by atoms with E-state index in [4.69, 9.17) is 0 Å². The Balaban J connectivity index is -0.000000461. The molecule has 0 atom stereocenters. The summed E-state index contributed by atoms with van der Waals surface area (Å²) in [6, 6.07) is 42.8. The number of alkyl halides is 18. The van der Waals surface area contributed by atoms with Crippen LogP contribution in [0.3, 0.4) is 0 Å². The minimum absolute atomic E-state index is 0. The van der Waals surface area contributed by atoms with Crippen LogP contribution < -0.4 is 98.5 Å². The molecule has 4 rings (SSSR count). The summed E-state index contributed by atoms with van der Waals surface area (Å²) in [5.41, 5.74) is -42.3. The average molecular weight is 1580 g/mol. The van der Waals surface area contributed by atoms with Crippen LogP contribution in [0.25, 0.3) is 0 Å². The second-order valence-electron chi connectivity index (χ2n) is 12.2. The molecule has 0 aliphatic carbocycles. The summed E-state index contributed by atoms with van der Waals surface area (Å²) < 4.78 is 390. The van der Waals surface area contributed by atoms with Crippen molar-refractivity contribution >= 4 is 67.2 Å². The minimum atomic E-state index is -8.55. The van der Waals surface area contributed by atoms with E-state index in [2.05, 4.69) is 121 Å². The molecule has 0 saturated heterocycles. The number of rotatable bonds is 10. The van der Waals surface area contributed by atoms with E-state index in [1.165, 1.54) is 14.3 Å². The Morgan fingerprint density at radius 2 is 0.392 bits per heavy atom. The predicted molar refractivity (Wildman–Crippen MR) is 216 cm³/mol. The Kier molecular flexibility index (Phi) is 31.8. The van der Waals surface area contributed by atoms with Crippen molar-refractivity contribution in [2.24, 2.45) is 0 Å². The molecule has 79 heavy (non-hydrogen) atoms. The van der Waals surface area contributed by atoms with Gasteiger partial charge in [-0.3, -0.25) is 50.5 Å². The molecular formula is C33H24F24I2KO12PS6. The largest absolute Gasteiger partial charge is 1.00 e. The van der Waals surface area contributed by atoms with Crippen molar-refractivity contribution in [1.29, 1.82) is 0 Å². The van der Waals surface area contributed by atoms with E-state index in [9.17, 15) is 151 Å². The van der Waals surface area contributed by atoms with Crippen molar-refractivity contribution in [2.75, 3.05) is 0 Å². The molecule has 0 bridgehead atoms. The zero-order chi connectivity index (χ0) is 60.5. The van der Waals surface area contributed by atoms with Crippen LogP contribution >= 0.6 is 8.16 Å². The third-order valence-electron chi connectivity index (χ3n) is 6.51. The Bertz CT molecular complexity index is 2710. The first kappa shape index (κ1) is 83.9. The summed E-state index contributed by atoms with van der Waals surface area (Å²) in [7, 11) is -56.7. The van der Waals surface area contributed by atoms with Gasteiger partial charge in [-0.05, 0) is 48.5 Å². The molecule has 4 aromatic carbocycles. The van der Waals surface area contributed by atoms with Crippen LogP contribution in [0.2, 0.25) is 0 Å². The second-order valence-corrected chi connectivity index (χ2v) is 32.4. The maximum atomic E-state index is 12.0. The van der Waals surface area contributed by atoms with Crippen molar-refractivity contribution in [3.63, 3.8) is 0 Å². The molecule has 46 heteroatoms. The monoisotopic (exact) mass is 1580 g/mol. The zero-order valence-electron chi connectivity index (χ0n) is 36.2. The van der Waals surface area contributed by atoms with Crippen LogP contribution in [-0.4, -0.2) is 83.6 Å². The van der Waals surface area contributed by atoms with E-state index in [1.807, 2.05) is 0 Å². The number of sulfone groups is 6. The quantitative estimate of drug-likeness (QED) is 0.0662. The standard InChI is InChI=1S/2C12H10I.2C4F9O6S3.CH4.F5P.FH.K/c2*1-3-7-11(8-4-1)13-12-9-5-2-6-10-12;2*5-2(6,7)20(14,15)1(21(16,17)3(8,9)10)22(18,19)4(11,12)13;;1-6(2,3,4)5;;/h2*1-10H;;;1H4;;1H;/q2*+1;2*-1;;;;+1/p-1. The Labute approximate surface area is 494 Å². The molecule has 4 aromatic rings. The van der Waals surface area contributed by atoms with Crippen molar-refractivity contribution in [2.45, 2.75) is 40.5 Å². The molecule has 0 unspecified atom stereocenters. The number of halogens is 26. The second kappa shape index (κ2) is 30.0. The van der Waals surface area contributed by atoms with Crippen LogP contribution in [0, 0.1) is 22.1 Å². The van der Waals surface area contributed by atoms with E-state index in [1.54, 1.807) is 0 Å². The molecule has 12 nitrogen and oxygen atoms in total. The van der Waals surface area contributed by atoms with Crippen LogP contribution in [0.1, 0.15) is 7.43 Å². The first-order valence-electron chi connectivity index (χ1n) is 17.1. The number of benzene rings is 4. The van der Waals surface area contributed by atoms with E-state index in [-0.39, 0.29) is 106 Å². The zero-order valence-corrected chi connectivity index (χ0v) is 49.4. The first-order chi connectivity index (χ1) is 33.4. The van der Waals surface area contributed by atoms with Crippen LogP contribution in [0.4, 0.5) is 100 Å². The molecule has 0 fully saturated rings. The van der Waals surface area contributed by atoms with Gasteiger partial charge in [0.05, 0.1) is 7.83 Å². The van der Waals surface area contributed by atoms with Gasteiger partial charge in [0.2, 0.25) is 0 Å². The molecular weight excluding hydrogens is 1560 g/mol. The Hall–Kier alpha value is -1.57. The molecule has 0 saturated carbocycles. The summed E-state index contributed by atoms with van der Waals surface area (Å²) in [5.74, 6) is 0. The van der Waals surface area contributed by atoms with Crippen molar-refractivity contribution in [1.82, 2.24) is 0 Å². The molecule has 0 aliphatic rings. The van der Waals surface area contributed by atoms with Gasteiger partial charge in [-0.2, -0.15) is 79.0 Å². The van der Waals surface area contributed by atoms with E-state index < -0.39 is 108 Å². The van der Waals surface area contributed by atoms with Crippen molar-refractivity contribution < 1.29 is 249 Å². The number of hydrogen-bond acceptors (Lipinski definition) is 12. The SMILES string of the molecule is C.FP(F)(F)(F)F.O=S(=O)([C-](S(=O)(=O)C(F)(F)F)S(=O)(=O)C(F)(F)F)C(F)(F)F.O=S(=O)([C-](S(=O)(=O)C(F)(F)F)S(=O)(=O)C(F)(F)F)C(F)(F)F.[F-].[K+].c1ccc([I+]c2ccccc2)cc1.c1ccc([I+]c2ccccc2)cc1. The Morgan fingerprint density at radius 3 is 0.481 bits per heavy atom. The fourth-order valence-electron chi connectivity index (χ4n) is 3.60. The fourth-order valence-corrected chi connectivity index (χ4v) is 19.6. The summed E-state index contributed by atoms with van der Waals surface area (Å²) in [4.78, 5) is 0. The van der Waals surface area contributed by atoms with Gasteiger partial charge in [0.1, 0.15) is 0 Å². The summed E-state index contributed by atoms with van der Waals surface area (Å²) >= 11 is 0.0574. The van der Waals surface area contributed by atoms with E-state index in [0.717, 1.165) is 0 Å². The van der Waals surface area contributed by atoms with Crippen molar-refractivity contribution in [3.05, 3.63) is 143 Å². The molecule has 0 N–H and O–H groups in total. The topological polar surface area (TPSA) is 205 Å². The minimum Gasteiger partial charge on any atom is -1.00 e. The van der Waals surface area contributed by atoms with Gasteiger partial charge in [0.25, 0.3) is 0 Å². The molecule has 0 amide bonds. The predicted octanol–water partition coefficient (Wildman–Crippen LogP) is -0.289. The van der Waals surface area contributed by atoms with Gasteiger partial charge in [-0.15, -0.1) is 0 Å². The van der Waals surface area contributed by atoms with E-state index >= 15 is 0 Å². The maximum Gasteiger partial charge on any atom is 1.00 e. The van der Waals surface area contributed by atoms with Crippen LogP contribution in [-0.2, 0) is 59.0 Å². The van der Waals surface area contributed by atoms with E-state index in [0.29, 0.717) is 0 Å². The fraction of sp³-hybridized carbons (Fsp3) is 0.212. The van der Waals surface area contributed by atoms with Gasteiger partial charge in [-0.25, -0.2) is 0 Å². The van der Waals surface area contributed by atoms with Crippen LogP contribution in [0.15, 0.2) is 121 Å². The smallest absolute Gasteiger partial charge is 1.00 e. The molecule has 0 aromatic heterocycles.